The lowest BCUT2D eigenvalue weighted by Gasteiger charge is -2.40. The number of hydrogen-bond donors (Lipinski definition) is 1. The topological polar surface area (TPSA) is 96.1 Å². The fraction of sp³-hybridized carbons (Fsp3) is 0.375. The van der Waals surface area contributed by atoms with E-state index in [1.807, 2.05) is 29.4 Å². The normalized spacial score (nSPS) is 18.3. The van der Waals surface area contributed by atoms with Crippen molar-refractivity contribution in [2.75, 3.05) is 59.0 Å². The Labute approximate surface area is 294 Å². The third-order valence-electron chi connectivity index (χ3n) is 10.6. The van der Waals surface area contributed by atoms with E-state index in [0.717, 1.165) is 68.8 Å². The molecule has 10 nitrogen and oxygen atoms in total. The van der Waals surface area contributed by atoms with E-state index in [2.05, 4.69) is 74.4 Å². The molecule has 2 saturated heterocycles. The molecule has 7 rings (SSSR count). The predicted molar refractivity (Wildman–Crippen MR) is 195 cm³/mol. The highest BCUT2D eigenvalue weighted by Crippen LogP contribution is 2.41. The van der Waals surface area contributed by atoms with Crippen LogP contribution in [-0.2, 0) is 12.0 Å². The van der Waals surface area contributed by atoms with Gasteiger partial charge in [0.15, 0.2) is 11.5 Å². The van der Waals surface area contributed by atoms with Crippen molar-refractivity contribution in [2.45, 2.75) is 43.7 Å². The molecule has 5 aromatic rings. The first-order valence-electron chi connectivity index (χ1n) is 17.5. The van der Waals surface area contributed by atoms with Gasteiger partial charge in [-0.2, -0.15) is 0 Å². The Kier molecular flexibility index (Phi) is 9.89. The van der Waals surface area contributed by atoms with E-state index in [1.165, 1.54) is 11.1 Å². The largest absolute Gasteiger partial charge is 0.493 e. The maximum absolute atomic E-state index is 14.0. The first-order chi connectivity index (χ1) is 24.5. The van der Waals surface area contributed by atoms with Gasteiger partial charge in [0.2, 0.25) is 11.7 Å². The van der Waals surface area contributed by atoms with Crippen LogP contribution in [-0.4, -0.2) is 90.8 Å². The molecule has 0 spiro atoms. The predicted octanol–water partition coefficient (Wildman–Crippen LogP) is 6.33. The number of aromatic amines is 1. The number of benzene rings is 3. The molecule has 2 aliphatic rings. The third-order valence-corrected chi connectivity index (χ3v) is 10.6. The molecule has 0 saturated carbocycles. The van der Waals surface area contributed by atoms with E-state index in [-0.39, 0.29) is 11.3 Å². The van der Waals surface area contributed by atoms with Crippen LogP contribution in [0.3, 0.4) is 0 Å². The van der Waals surface area contributed by atoms with Gasteiger partial charge < -0.3 is 33.9 Å². The quantitative estimate of drug-likeness (QED) is 0.164. The molecule has 2 aromatic heterocycles. The zero-order valence-electron chi connectivity index (χ0n) is 29.2. The van der Waals surface area contributed by atoms with Gasteiger partial charge in [-0.1, -0.05) is 42.5 Å². The Morgan fingerprint density at radius 3 is 2.28 bits per heavy atom. The highest BCUT2D eigenvalue weighted by molar-refractivity contribution is 5.96. The Morgan fingerprint density at radius 1 is 0.900 bits per heavy atom. The summed E-state index contributed by atoms with van der Waals surface area (Å²) >= 11 is 0. The van der Waals surface area contributed by atoms with Gasteiger partial charge in [0.1, 0.15) is 0 Å². The van der Waals surface area contributed by atoms with Gasteiger partial charge in [-0.15, -0.1) is 0 Å². The summed E-state index contributed by atoms with van der Waals surface area (Å²) in [6.07, 6.45) is 7.71. The summed E-state index contributed by atoms with van der Waals surface area (Å²) < 4.78 is 16.6. The molecule has 2 aliphatic heterocycles. The first-order valence-corrected chi connectivity index (χ1v) is 17.5. The van der Waals surface area contributed by atoms with Gasteiger partial charge in [-0.3, -0.25) is 9.78 Å². The number of aromatic nitrogens is 3. The van der Waals surface area contributed by atoms with Gasteiger partial charge in [-0.05, 0) is 79.8 Å². The minimum atomic E-state index is -0.129. The number of nitrogens with one attached hydrogen (secondary N) is 1. The van der Waals surface area contributed by atoms with Crippen molar-refractivity contribution in [3.8, 4) is 17.2 Å². The highest BCUT2D eigenvalue weighted by Gasteiger charge is 2.42. The number of rotatable bonds is 12. The van der Waals surface area contributed by atoms with Crippen LogP contribution in [0, 0.1) is 0 Å². The Bertz CT molecular complexity index is 1830. The minimum absolute atomic E-state index is 0.0252. The Morgan fingerprint density at radius 2 is 1.60 bits per heavy atom. The number of H-pyrrole nitrogens is 1. The second-order valence-corrected chi connectivity index (χ2v) is 13.4. The number of carbonyl (C=O) groups is 1. The standard InChI is InChI=1S/C40H46N6O4/c1-48-35-25-30(26-36(49-2)37(35)50-3)38(47)45-24-18-40(28-45,31-9-5-4-6-10-31)17-23-44-21-15-32(16-22-44)46(27-29-13-19-41-20-14-29)39-42-33-11-7-8-12-34(33)43-39/h4-14,19-20,25-26,32H,15-18,21-24,27-28H2,1-3H3,(H,42,43). The van der Waals surface area contributed by atoms with Crippen LogP contribution >= 0.6 is 0 Å². The van der Waals surface area contributed by atoms with Gasteiger partial charge >= 0.3 is 0 Å². The molecule has 2 fully saturated rings. The number of imidazole rings is 1. The molecule has 260 valence electrons. The number of likely N-dealkylation sites (tertiary alicyclic amines) is 2. The minimum Gasteiger partial charge on any atom is -0.493 e. The summed E-state index contributed by atoms with van der Waals surface area (Å²) in [7, 11) is 4.71. The average molecular weight is 675 g/mol. The van der Waals surface area contributed by atoms with Gasteiger partial charge in [0.05, 0.1) is 32.4 Å². The van der Waals surface area contributed by atoms with E-state index >= 15 is 0 Å². The van der Waals surface area contributed by atoms with Crippen molar-refractivity contribution in [2.24, 2.45) is 0 Å². The Balaban J connectivity index is 1.05. The van der Waals surface area contributed by atoms with Crippen molar-refractivity contribution in [3.05, 3.63) is 108 Å². The number of methoxy groups -OCH3 is 3. The summed E-state index contributed by atoms with van der Waals surface area (Å²) in [6.45, 7) is 5.12. The van der Waals surface area contributed by atoms with E-state index in [0.29, 0.717) is 41.9 Å². The van der Waals surface area contributed by atoms with Gasteiger partial charge in [0.25, 0.3) is 5.91 Å². The molecule has 4 heterocycles. The number of fused-ring (bicyclic) bond motifs is 1. The molecular formula is C40H46N6O4. The number of piperidine rings is 1. The summed E-state index contributed by atoms with van der Waals surface area (Å²) in [4.78, 5) is 33.8. The number of ether oxygens (including phenoxy) is 3. The molecule has 0 bridgehead atoms. The number of nitrogens with zero attached hydrogens (tertiary/aromatic N) is 5. The molecule has 0 aliphatic carbocycles. The number of carbonyl (C=O) groups excluding carboxylic acids is 1. The monoisotopic (exact) mass is 674 g/mol. The van der Waals surface area contributed by atoms with Crippen LogP contribution in [0.1, 0.15) is 47.2 Å². The fourth-order valence-corrected chi connectivity index (χ4v) is 7.77. The number of amides is 1. The molecular weight excluding hydrogens is 628 g/mol. The molecule has 1 atom stereocenters. The Hall–Kier alpha value is -5.09. The van der Waals surface area contributed by atoms with Crippen LogP contribution in [0.2, 0.25) is 0 Å². The SMILES string of the molecule is COc1cc(C(=O)N2CCC(CCN3CCC(N(Cc4ccncc4)c4nc5ccccc5[nH]4)CC3)(c3ccccc3)C2)cc(OC)c1OC. The van der Waals surface area contributed by atoms with E-state index < -0.39 is 0 Å². The van der Waals surface area contributed by atoms with Crippen LogP contribution in [0.4, 0.5) is 5.95 Å². The first kappa shape index (κ1) is 33.4. The highest BCUT2D eigenvalue weighted by atomic mass is 16.5. The van der Waals surface area contributed by atoms with Crippen LogP contribution in [0.5, 0.6) is 17.2 Å². The zero-order valence-corrected chi connectivity index (χ0v) is 29.2. The molecule has 0 radical (unpaired) electrons. The lowest BCUT2D eigenvalue weighted by molar-refractivity contribution is 0.0779. The van der Waals surface area contributed by atoms with Gasteiger partial charge in [0, 0.05) is 62.1 Å². The second-order valence-electron chi connectivity index (χ2n) is 13.4. The van der Waals surface area contributed by atoms with E-state index in [1.54, 1.807) is 33.5 Å². The maximum atomic E-state index is 14.0. The van der Waals surface area contributed by atoms with E-state index in [4.69, 9.17) is 19.2 Å². The van der Waals surface area contributed by atoms with Crippen LogP contribution < -0.4 is 19.1 Å². The molecule has 10 heteroatoms. The van der Waals surface area contributed by atoms with E-state index in [9.17, 15) is 4.79 Å². The number of para-hydroxylation sites is 2. The summed E-state index contributed by atoms with van der Waals surface area (Å²) in [5, 5.41) is 0. The lowest BCUT2D eigenvalue weighted by Crippen LogP contribution is -2.46. The molecule has 1 unspecified atom stereocenters. The lowest BCUT2D eigenvalue weighted by atomic mass is 9.76. The van der Waals surface area contributed by atoms with Crippen LogP contribution in [0.15, 0.2) is 91.3 Å². The molecule has 50 heavy (non-hydrogen) atoms. The smallest absolute Gasteiger partial charge is 0.254 e. The summed E-state index contributed by atoms with van der Waals surface area (Å²) in [5.41, 5.74) is 4.96. The van der Waals surface area contributed by atoms with Crippen molar-refractivity contribution < 1.29 is 19.0 Å². The van der Waals surface area contributed by atoms with Crippen molar-refractivity contribution in [3.63, 3.8) is 0 Å². The van der Waals surface area contributed by atoms with Crippen LogP contribution in [0.25, 0.3) is 11.0 Å². The third kappa shape index (κ3) is 6.85. The average Bonchev–Trinajstić information content (AvgIpc) is 3.82. The molecule has 1 amide bonds. The second kappa shape index (κ2) is 14.8. The van der Waals surface area contributed by atoms with Crippen molar-refractivity contribution in [1.29, 1.82) is 0 Å². The zero-order chi connectivity index (χ0) is 34.5. The fourth-order valence-electron chi connectivity index (χ4n) is 7.77. The maximum Gasteiger partial charge on any atom is 0.254 e. The molecule has 1 N–H and O–H groups in total. The molecule has 3 aromatic carbocycles. The van der Waals surface area contributed by atoms with Crippen molar-refractivity contribution >= 4 is 22.9 Å². The van der Waals surface area contributed by atoms with Crippen molar-refractivity contribution in [1.82, 2.24) is 24.8 Å². The number of pyridine rings is 1. The summed E-state index contributed by atoms with van der Waals surface area (Å²) in [5.74, 6) is 2.34. The summed E-state index contributed by atoms with van der Waals surface area (Å²) in [6, 6.07) is 27.0. The van der Waals surface area contributed by atoms with Gasteiger partial charge in [-0.25, -0.2) is 4.98 Å². The number of anilines is 1. The number of hydrogen-bond acceptors (Lipinski definition) is 8.